The highest BCUT2D eigenvalue weighted by Gasteiger charge is 2.19. The molecule has 0 fully saturated rings. The molecule has 0 aromatic heterocycles. The number of hydrogen-bond donors (Lipinski definition) is 4. The van der Waals surface area contributed by atoms with Gasteiger partial charge in [-0.3, -0.25) is 0 Å². The summed E-state index contributed by atoms with van der Waals surface area (Å²) in [6, 6.07) is 1.48. The van der Waals surface area contributed by atoms with Crippen molar-refractivity contribution in [1.29, 1.82) is 0 Å². The van der Waals surface area contributed by atoms with Crippen LogP contribution in [0.15, 0.2) is 18.2 Å². The zero-order valence-corrected chi connectivity index (χ0v) is 10.7. The van der Waals surface area contributed by atoms with E-state index in [-0.39, 0.29) is 24.5 Å². The minimum absolute atomic E-state index is 0.106. The van der Waals surface area contributed by atoms with Gasteiger partial charge in [-0.05, 0) is 12.1 Å². The van der Waals surface area contributed by atoms with Crippen molar-refractivity contribution >= 4 is 17.7 Å². The third-order valence-corrected chi connectivity index (χ3v) is 2.43. The molecular weight excluding hydrogens is 271 g/mol. The molecule has 4 N–H and O–H groups in total. The van der Waals surface area contributed by atoms with E-state index in [1.165, 1.54) is 13.2 Å². The van der Waals surface area contributed by atoms with Crippen LogP contribution in [0.1, 0.15) is 6.42 Å². The predicted octanol–water partition coefficient (Wildman–Crippen LogP) is 0.791. The van der Waals surface area contributed by atoms with Gasteiger partial charge in [0.25, 0.3) is 0 Å². The van der Waals surface area contributed by atoms with E-state index in [0.29, 0.717) is 0 Å². The van der Waals surface area contributed by atoms with Gasteiger partial charge in [0.05, 0.1) is 12.8 Å². The molecule has 0 saturated heterocycles. The van der Waals surface area contributed by atoms with E-state index in [0.717, 1.165) is 12.1 Å². The van der Waals surface area contributed by atoms with Crippen molar-refractivity contribution in [1.82, 2.24) is 5.32 Å². The van der Waals surface area contributed by atoms with E-state index in [1.54, 1.807) is 0 Å². The molecule has 0 radical (unpaired) electrons. The number of carbonyl (C=O) groups is 2. The van der Waals surface area contributed by atoms with Crippen LogP contribution < -0.4 is 15.4 Å². The number of carbonyl (C=O) groups excluding carboxylic acids is 1. The summed E-state index contributed by atoms with van der Waals surface area (Å²) < 4.78 is 17.9. The van der Waals surface area contributed by atoms with Crippen LogP contribution in [0.25, 0.3) is 0 Å². The molecule has 1 aromatic rings. The molecule has 0 aliphatic heterocycles. The molecule has 0 saturated carbocycles. The van der Waals surface area contributed by atoms with Crippen molar-refractivity contribution in [2.45, 2.75) is 12.5 Å². The molecule has 0 aliphatic rings. The lowest BCUT2D eigenvalue weighted by molar-refractivity contribution is -0.139. The normalized spacial score (nSPS) is 11.6. The molecule has 110 valence electrons. The van der Waals surface area contributed by atoms with Crippen LogP contribution in [0.4, 0.5) is 14.9 Å². The molecule has 0 bridgehead atoms. The van der Waals surface area contributed by atoms with Crippen molar-refractivity contribution in [3.05, 3.63) is 24.0 Å². The molecule has 1 rings (SSSR count). The van der Waals surface area contributed by atoms with Crippen LogP contribution in [-0.4, -0.2) is 42.0 Å². The Balaban J connectivity index is 2.73. The number of carboxylic acid groups (broad SMARTS) is 1. The average molecular weight is 286 g/mol. The van der Waals surface area contributed by atoms with Crippen molar-refractivity contribution in [2.24, 2.45) is 0 Å². The lowest BCUT2D eigenvalue weighted by atomic mass is 10.2. The van der Waals surface area contributed by atoms with Crippen molar-refractivity contribution in [3.8, 4) is 5.75 Å². The van der Waals surface area contributed by atoms with Gasteiger partial charge in [-0.1, -0.05) is 0 Å². The lowest BCUT2D eigenvalue weighted by Crippen LogP contribution is -2.43. The first-order valence-corrected chi connectivity index (χ1v) is 5.72. The Morgan fingerprint density at radius 1 is 1.45 bits per heavy atom. The summed E-state index contributed by atoms with van der Waals surface area (Å²) >= 11 is 0. The van der Waals surface area contributed by atoms with Crippen molar-refractivity contribution in [3.63, 3.8) is 0 Å². The smallest absolute Gasteiger partial charge is 0.326 e. The molecule has 1 aromatic carbocycles. The number of methoxy groups -OCH3 is 1. The van der Waals surface area contributed by atoms with Gasteiger partial charge in [0.2, 0.25) is 0 Å². The number of urea groups is 1. The summed E-state index contributed by atoms with van der Waals surface area (Å²) in [5.41, 5.74) is 0.194. The number of ether oxygens (including phenoxy) is 1. The topological polar surface area (TPSA) is 108 Å². The summed E-state index contributed by atoms with van der Waals surface area (Å²) in [7, 11) is 1.31. The molecule has 0 unspecified atom stereocenters. The molecule has 8 heteroatoms. The first-order valence-electron chi connectivity index (χ1n) is 5.72. The third kappa shape index (κ3) is 4.39. The minimum Gasteiger partial charge on any atom is -0.494 e. The van der Waals surface area contributed by atoms with Crippen molar-refractivity contribution in [2.75, 3.05) is 19.0 Å². The second-order valence-electron chi connectivity index (χ2n) is 3.85. The number of benzene rings is 1. The number of rotatable bonds is 6. The van der Waals surface area contributed by atoms with Crippen LogP contribution in [-0.2, 0) is 4.79 Å². The Bertz CT molecular complexity index is 495. The molecule has 2 amide bonds. The number of aliphatic carboxylic acids is 1. The maximum absolute atomic E-state index is 13.0. The van der Waals surface area contributed by atoms with Gasteiger partial charge in [0.15, 0.2) is 0 Å². The average Bonchev–Trinajstić information content (AvgIpc) is 2.40. The minimum atomic E-state index is -1.26. The van der Waals surface area contributed by atoms with Crippen LogP contribution in [0, 0.1) is 5.82 Å². The molecule has 1 atom stereocenters. The molecule has 7 nitrogen and oxygen atoms in total. The molecule has 0 aliphatic carbocycles. The summed E-state index contributed by atoms with van der Waals surface area (Å²) in [6.07, 6.45) is -0.122. The number of aliphatic hydroxyl groups excluding tert-OH is 1. The Labute approximate surface area is 114 Å². The van der Waals surface area contributed by atoms with E-state index in [9.17, 15) is 14.0 Å². The fourth-order valence-electron chi connectivity index (χ4n) is 1.47. The maximum Gasteiger partial charge on any atom is 0.326 e. The number of aliphatic hydroxyl groups is 1. The van der Waals surface area contributed by atoms with E-state index >= 15 is 0 Å². The van der Waals surface area contributed by atoms with Gasteiger partial charge >= 0.3 is 12.0 Å². The van der Waals surface area contributed by atoms with E-state index in [4.69, 9.17) is 14.9 Å². The van der Waals surface area contributed by atoms with Gasteiger partial charge in [-0.25, -0.2) is 14.0 Å². The maximum atomic E-state index is 13.0. The van der Waals surface area contributed by atoms with Gasteiger partial charge in [-0.15, -0.1) is 0 Å². The summed E-state index contributed by atoms with van der Waals surface area (Å²) in [5.74, 6) is -1.69. The molecule has 0 spiro atoms. The van der Waals surface area contributed by atoms with E-state index in [1.807, 2.05) is 0 Å². The van der Waals surface area contributed by atoms with Crippen LogP contribution >= 0.6 is 0 Å². The largest absolute Gasteiger partial charge is 0.494 e. The van der Waals surface area contributed by atoms with Gasteiger partial charge < -0.3 is 25.6 Å². The number of halogens is 1. The fourth-order valence-corrected chi connectivity index (χ4v) is 1.47. The number of hydrogen-bond acceptors (Lipinski definition) is 4. The van der Waals surface area contributed by atoms with E-state index < -0.39 is 23.9 Å². The van der Waals surface area contributed by atoms with Gasteiger partial charge in [-0.2, -0.15) is 0 Å². The summed E-state index contributed by atoms with van der Waals surface area (Å²) in [4.78, 5) is 22.5. The van der Waals surface area contributed by atoms with Gasteiger partial charge in [0.1, 0.15) is 17.6 Å². The molecule has 0 heterocycles. The Hall–Kier alpha value is -2.35. The molecule has 20 heavy (non-hydrogen) atoms. The van der Waals surface area contributed by atoms with Crippen LogP contribution in [0.5, 0.6) is 5.75 Å². The van der Waals surface area contributed by atoms with Gasteiger partial charge in [0, 0.05) is 19.1 Å². The standard InChI is InChI=1S/C12H15FN2O5/c1-20-10-6-7(13)2-3-8(10)14-12(19)15-9(4-5-16)11(17)18/h2-3,6,9,16H,4-5H2,1H3,(H,17,18)(H2,14,15,19)/t9-/m0/s1. The first kappa shape index (κ1) is 15.7. The number of nitrogens with one attached hydrogen (secondary N) is 2. The lowest BCUT2D eigenvalue weighted by Gasteiger charge is -2.15. The highest BCUT2D eigenvalue weighted by atomic mass is 19.1. The van der Waals surface area contributed by atoms with Crippen molar-refractivity contribution < 1.29 is 28.9 Å². The highest BCUT2D eigenvalue weighted by Crippen LogP contribution is 2.24. The van der Waals surface area contributed by atoms with E-state index in [2.05, 4.69) is 10.6 Å². The Morgan fingerprint density at radius 3 is 2.70 bits per heavy atom. The second-order valence-corrected chi connectivity index (χ2v) is 3.85. The highest BCUT2D eigenvalue weighted by molar-refractivity contribution is 5.93. The zero-order chi connectivity index (χ0) is 15.1. The Kier molecular flexibility index (Phi) is 5.73. The fraction of sp³-hybridized carbons (Fsp3) is 0.333. The SMILES string of the molecule is COc1cc(F)ccc1NC(=O)N[C@@H](CCO)C(=O)O. The van der Waals surface area contributed by atoms with Crippen LogP contribution in [0.2, 0.25) is 0 Å². The predicted molar refractivity (Wildman–Crippen MR) is 68.2 cm³/mol. The Morgan fingerprint density at radius 2 is 2.15 bits per heavy atom. The number of amides is 2. The second kappa shape index (κ2) is 7.29. The summed E-state index contributed by atoms with van der Waals surface area (Å²) in [5, 5.41) is 22.1. The summed E-state index contributed by atoms with van der Waals surface area (Å²) in [6.45, 7) is -0.378. The quantitative estimate of drug-likeness (QED) is 0.618. The number of carboxylic acids is 1. The first-order chi connectivity index (χ1) is 9.47. The zero-order valence-electron chi connectivity index (χ0n) is 10.7. The molecular formula is C12H15FN2O5. The van der Waals surface area contributed by atoms with Crippen LogP contribution in [0.3, 0.4) is 0 Å². The third-order valence-electron chi connectivity index (χ3n) is 2.43. The number of anilines is 1. The monoisotopic (exact) mass is 286 g/mol.